The second-order valence-electron chi connectivity index (χ2n) is 8.57. The van der Waals surface area contributed by atoms with Crippen molar-refractivity contribution < 1.29 is 17.5 Å². The van der Waals surface area contributed by atoms with Crippen molar-refractivity contribution in [2.45, 2.75) is 11.8 Å². The summed E-state index contributed by atoms with van der Waals surface area (Å²) in [5, 5.41) is 4.39. The zero-order valence-electron chi connectivity index (χ0n) is 20.0. The number of aromatic nitrogens is 2. The Labute approximate surface area is 209 Å². The molecule has 8 nitrogen and oxygen atoms in total. The summed E-state index contributed by atoms with van der Waals surface area (Å²) in [7, 11) is -2.81. The highest BCUT2D eigenvalue weighted by Crippen LogP contribution is 2.35. The Morgan fingerprint density at radius 3 is 2.58 bits per heavy atom. The summed E-state index contributed by atoms with van der Waals surface area (Å²) in [6.07, 6.45) is 3.46. The van der Waals surface area contributed by atoms with E-state index in [2.05, 4.69) is 24.9 Å². The quantitative estimate of drug-likeness (QED) is 0.408. The Morgan fingerprint density at radius 1 is 1.06 bits per heavy atom. The molecule has 36 heavy (non-hydrogen) atoms. The van der Waals surface area contributed by atoms with E-state index in [9.17, 15) is 12.8 Å². The fourth-order valence-corrected chi connectivity index (χ4v) is 5.60. The van der Waals surface area contributed by atoms with Crippen LogP contribution in [0.1, 0.15) is 5.56 Å². The third kappa shape index (κ3) is 4.57. The Balaban J connectivity index is 1.58. The molecule has 0 aliphatic carbocycles. The lowest BCUT2D eigenvalue weighted by molar-refractivity contribution is 0.400. The second kappa shape index (κ2) is 9.71. The molecular weight excluding hydrogens is 481 g/mol. The lowest BCUT2D eigenvalue weighted by Gasteiger charge is -2.30. The van der Waals surface area contributed by atoms with Crippen LogP contribution in [0.25, 0.3) is 22.0 Å². The van der Waals surface area contributed by atoms with Crippen molar-refractivity contribution in [2.24, 2.45) is 0 Å². The van der Waals surface area contributed by atoms with E-state index in [-0.39, 0.29) is 11.6 Å². The van der Waals surface area contributed by atoms with Crippen LogP contribution in [-0.4, -0.2) is 51.7 Å². The molecule has 0 unspecified atom stereocenters. The second-order valence-corrected chi connectivity index (χ2v) is 10.2. The van der Waals surface area contributed by atoms with Gasteiger partial charge in [0.25, 0.3) is 10.0 Å². The van der Waals surface area contributed by atoms with E-state index in [1.54, 1.807) is 12.3 Å². The molecule has 0 bridgehead atoms. The van der Waals surface area contributed by atoms with E-state index in [4.69, 9.17) is 4.74 Å². The number of nitrogens with zero attached hydrogens (tertiary/aromatic N) is 3. The maximum absolute atomic E-state index is 14.2. The molecule has 186 valence electrons. The van der Waals surface area contributed by atoms with Crippen LogP contribution in [0.2, 0.25) is 0 Å². The zero-order valence-corrected chi connectivity index (χ0v) is 20.8. The molecule has 1 saturated heterocycles. The van der Waals surface area contributed by atoms with E-state index < -0.39 is 20.7 Å². The largest absolute Gasteiger partial charge is 0.480 e. The van der Waals surface area contributed by atoms with Crippen LogP contribution in [0.5, 0.6) is 5.88 Å². The standard InChI is InChI=1S/C26H26FN5O3S/c1-17-13-18(14-20-23(7-8-29-25(17)20)32-11-9-28-10-12-32)19-15-22(26(35-2)30-16-19)31-36(33,34)24-6-4-3-5-21(24)27/h3-8,13-16,28,31H,9-12H2,1-2H3. The van der Waals surface area contributed by atoms with Gasteiger partial charge in [-0.05, 0) is 54.4 Å². The van der Waals surface area contributed by atoms with E-state index in [0.29, 0.717) is 5.56 Å². The number of hydrogen-bond donors (Lipinski definition) is 2. The molecule has 4 aromatic rings. The van der Waals surface area contributed by atoms with Crippen LogP contribution < -0.4 is 19.7 Å². The summed E-state index contributed by atoms with van der Waals surface area (Å²) in [6, 6.07) is 12.9. The Morgan fingerprint density at radius 2 is 1.83 bits per heavy atom. The van der Waals surface area contributed by atoms with Gasteiger partial charge in [-0.2, -0.15) is 0 Å². The molecule has 5 rings (SSSR count). The van der Waals surface area contributed by atoms with Gasteiger partial charge in [0.05, 0.1) is 12.6 Å². The van der Waals surface area contributed by atoms with Crippen LogP contribution in [0.3, 0.4) is 0 Å². The lowest BCUT2D eigenvalue weighted by Crippen LogP contribution is -2.43. The molecule has 0 saturated carbocycles. The minimum atomic E-state index is -4.21. The molecule has 3 heterocycles. The van der Waals surface area contributed by atoms with Crippen molar-refractivity contribution in [3.63, 3.8) is 0 Å². The number of piperazine rings is 1. The Kier molecular flexibility index (Phi) is 6.46. The van der Waals surface area contributed by atoms with Crippen LogP contribution in [0, 0.1) is 12.7 Å². The third-order valence-corrected chi connectivity index (χ3v) is 7.62. The highest BCUT2D eigenvalue weighted by atomic mass is 32.2. The molecule has 1 aliphatic rings. The number of pyridine rings is 2. The first-order valence-corrected chi connectivity index (χ1v) is 13.0. The number of ether oxygens (including phenoxy) is 1. The van der Waals surface area contributed by atoms with Gasteiger partial charge in [0.15, 0.2) is 0 Å². The number of methoxy groups -OCH3 is 1. The highest BCUT2D eigenvalue weighted by molar-refractivity contribution is 7.92. The topological polar surface area (TPSA) is 96.5 Å². The summed E-state index contributed by atoms with van der Waals surface area (Å²) >= 11 is 0. The van der Waals surface area contributed by atoms with Crippen molar-refractivity contribution in [3.8, 4) is 17.0 Å². The fraction of sp³-hybridized carbons (Fsp3) is 0.231. The highest BCUT2D eigenvalue weighted by Gasteiger charge is 2.22. The van der Waals surface area contributed by atoms with Gasteiger partial charge in [-0.1, -0.05) is 12.1 Å². The van der Waals surface area contributed by atoms with Gasteiger partial charge in [-0.3, -0.25) is 9.71 Å². The smallest absolute Gasteiger partial charge is 0.264 e. The average Bonchev–Trinajstić information content (AvgIpc) is 2.89. The summed E-state index contributed by atoms with van der Waals surface area (Å²) in [6.45, 7) is 5.62. The first kappa shape index (κ1) is 24.0. The number of benzene rings is 2. The van der Waals surface area contributed by atoms with Crippen molar-refractivity contribution in [1.82, 2.24) is 15.3 Å². The number of rotatable bonds is 6. The first-order chi connectivity index (χ1) is 17.4. The van der Waals surface area contributed by atoms with Crippen molar-refractivity contribution >= 4 is 32.3 Å². The minimum Gasteiger partial charge on any atom is -0.480 e. The van der Waals surface area contributed by atoms with E-state index in [1.807, 2.05) is 31.3 Å². The van der Waals surface area contributed by atoms with E-state index in [0.717, 1.165) is 60.0 Å². The average molecular weight is 508 g/mol. The number of anilines is 2. The Hall–Kier alpha value is -3.76. The SMILES string of the molecule is COc1ncc(-c2cc(C)c3nccc(N4CCNCC4)c3c2)cc1NS(=O)(=O)c1ccccc1F. The van der Waals surface area contributed by atoms with Crippen molar-refractivity contribution in [2.75, 3.05) is 42.9 Å². The number of nitrogens with one attached hydrogen (secondary N) is 2. The summed E-state index contributed by atoms with van der Waals surface area (Å²) < 4.78 is 47.8. The van der Waals surface area contributed by atoms with Crippen LogP contribution in [-0.2, 0) is 10.0 Å². The zero-order chi connectivity index (χ0) is 25.3. The molecule has 2 aromatic heterocycles. The molecule has 2 aromatic carbocycles. The number of sulfonamides is 1. The van der Waals surface area contributed by atoms with Gasteiger partial charge < -0.3 is 15.0 Å². The monoisotopic (exact) mass is 507 g/mol. The van der Waals surface area contributed by atoms with Gasteiger partial charge in [0.2, 0.25) is 5.88 Å². The minimum absolute atomic E-state index is 0.0827. The van der Waals surface area contributed by atoms with Gasteiger partial charge >= 0.3 is 0 Å². The van der Waals surface area contributed by atoms with E-state index >= 15 is 0 Å². The maximum atomic E-state index is 14.2. The number of aryl methyl sites for hydroxylation is 1. The van der Waals surface area contributed by atoms with Gasteiger partial charge in [0, 0.05) is 55.2 Å². The van der Waals surface area contributed by atoms with Crippen molar-refractivity contribution in [1.29, 1.82) is 0 Å². The fourth-order valence-electron chi connectivity index (χ4n) is 4.47. The molecule has 1 fully saturated rings. The summed E-state index contributed by atoms with van der Waals surface area (Å²) in [5.41, 5.74) is 4.66. The third-order valence-electron chi connectivity index (χ3n) is 6.22. The van der Waals surface area contributed by atoms with Crippen LogP contribution in [0.15, 0.2) is 65.8 Å². The molecule has 1 aliphatic heterocycles. The molecule has 2 N–H and O–H groups in total. The van der Waals surface area contributed by atoms with Crippen LogP contribution >= 0.6 is 0 Å². The first-order valence-electron chi connectivity index (χ1n) is 11.5. The molecule has 0 amide bonds. The van der Waals surface area contributed by atoms with Crippen molar-refractivity contribution in [3.05, 3.63) is 72.3 Å². The molecule has 0 spiro atoms. The predicted octanol–water partition coefficient (Wildman–Crippen LogP) is 3.96. The lowest BCUT2D eigenvalue weighted by atomic mass is 9.99. The molecule has 0 radical (unpaired) electrons. The number of halogens is 1. The Bertz CT molecular complexity index is 1540. The number of fused-ring (bicyclic) bond motifs is 1. The summed E-state index contributed by atoms with van der Waals surface area (Å²) in [5.74, 6) is -0.759. The molecule has 0 atom stereocenters. The van der Waals surface area contributed by atoms with Crippen LogP contribution in [0.4, 0.5) is 15.8 Å². The normalized spacial score (nSPS) is 14.1. The van der Waals surface area contributed by atoms with E-state index in [1.165, 1.54) is 25.3 Å². The van der Waals surface area contributed by atoms with Gasteiger partial charge in [-0.25, -0.2) is 17.8 Å². The van der Waals surface area contributed by atoms with Gasteiger partial charge in [0.1, 0.15) is 16.4 Å². The molecular formula is C26H26FN5O3S. The summed E-state index contributed by atoms with van der Waals surface area (Å²) in [4.78, 5) is 10.8. The molecule has 10 heteroatoms. The number of hydrogen-bond acceptors (Lipinski definition) is 7. The predicted molar refractivity (Wildman–Crippen MR) is 139 cm³/mol. The van der Waals surface area contributed by atoms with Gasteiger partial charge in [-0.15, -0.1) is 0 Å². The maximum Gasteiger partial charge on any atom is 0.264 e.